The molecule has 7 heteroatoms. The molecule has 0 heterocycles. The van der Waals surface area contributed by atoms with Crippen molar-refractivity contribution in [1.82, 2.24) is 5.06 Å². The van der Waals surface area contributed by atoms with E-state index in [1.165, 1.54) is 5.06 Å². The number of aldehydes is 1. The van der Waals surface area contributed by atoms with E-state index in [1.807, 2.05) is 24.3 Å². The highest BCUT2D eigenvalue weighted by atomic mass is 79.9. The summed E-state index contributed by atoms with van der Waals surface area (Å²) in [5.41, 5.74) is 0.385. The standard InChI is InChI=1S/C20H28BrNO5/c1-5-26-22(18(24)10-11-19(25)27-20(2,3)4)17(12-13-23)14-15-6-8-16(21)9-7-15/h6-9,13,17H,5,10-12,14H2,1-4H3/t17-/m0/s1. The van der Waals surface area contributed by atoms with Gasteiger partial charge < -0.3 is 9.53 Å². The Hall–Kier alpha value is -1.73. The summed E-state index contributed by atoms with van der Waals surface area (Å²) in [5.74, 6) is -0.779. The van der Waals surface area contributed by atoms with Crippen LogP contribution >= 0.6 is 15.9 Å². The number of amides is 1. The van der Waals surface area contributed by atoms with Crippen molar-refractivity contribution in [2.24, 2.45) is 0 Å². The van der Waals surface area contributed by atoms with E-state index in [0.717, 1.165) is 16.3 Å². The van der Waals surface area contributed by atoms with Crippen molar-refractivity contribution in [1.29, 1.82) is 0 Å². The van der Waals surface area contributed by atoms with Gasteiger partial charge in [0.2, 0.25) is 5.91 Å². The lowest BCUT2D eigenvalue weighted by atomic mass is 10.0. The maximum atomic E-state index is 12.6. The minimum atomic E-state index is -0.596. The molecule has 1 amide bonds. The monoisotopic (exact) mass is 441 g/mol. The number of benzene rings is 1. The van der Waals surface area contributed by atoms with E-state index in [9.17, 15) is 14.4 Å². The molecule has 0 spiro atoms. The van der Waals surface area contributed by atoms with Crippen molar-refractivity contribution in [3.63, 3.8) is 0 Å². The molecule has 0 radical (unpaired) electrons. The molecule has 0 aliphatic heterocycles. The van der Waals surface area contributed by atoms with Gasteiger partial charge >= 0.3 is 5.97 Å². The van der Waals surface area contributed by atoms with Crippen molar-refractivity contribution in [2.75, 3.05) is 6.61 Å². The van der Waals surface area contributed by atoms with Crippen molar-refractivity contribution in [3.05, 3.63) is 34.3 Å². The molecule has 0 bridgehead atoms. The molecule has 1 rings (SSSR count). The number of carbonyl (C=O) groups excluding carboxylic acids is 3. The summed E-state index contributed by atoms with van der Waals surface area (Å²) in [5, 5.41) is 1.24. The Morgan fingerprint density at radius 3 is 2.33 bits per heavy atom. The molecule has 0 saturated carbocycles. The molecule has 6 nitrogen and oxygen atoms in total. The van der Waals surface area contributed by atoms with Gasteiger partial charge in [-0.3, -0.25) is 14.4 Å². The molecular formula is C20H28BrNO5. The Balaban J connectivity index is 2.80. The van der Waals surface area contributed by atoms with Crippen LogP contribution < -0.4 is 0 Å². The molecule has 150 valence electrons. The Morgan fingerprint density at radius 2 is 1.81 bits per heavy atom. The summed E-state index contributed by atoms with van der Waals surface area (Å²) in [6.45, 7) is 7.38. The molecule has 0 saturated heterocycles. The molecule has 0 unspecified atom stereocenters. The van der Waals surface area contributed by atoms with Gasteiger partial charge in [0.25, 0.3) is 0 Å². The minimum Gasteiger partial charge on any atom is -0.460 e. The largest absolute Gasteiger partial charge is 0.460 e. The second-order valence-corrected chi connectivity index (χ2v) is 8.03. The molecule has 1 atom stereocenters. The molecule has 0 aliphatic carbocycles. The minimum absolute atomic E-state index is 0.0359. The lowest BCUT2D eigenvalue weighted by Crippen LogP contribution is -2.42. The third-order valence-corrected chi connectivity index (χ3v) is 4.09. The zero-order chi connectivity index (χ0) is 20.4. The predicted octanol–water partition coefficient (Wildman–Crippen LogP) is 3.85. The Kier molecular flexibility index (Phi) is 9.66. The van der Waals surface area contributed by atoms with Crippen molar-refractivity contribution < 1.29 is 24.0 Å². The second kappa shape index (κ2) is 11.2. The van der Waals surface area contributed by atoms with Crippen LogP contribution in [0.2, 0.25) is 0 Å². The van der Waals surface area contributed by atoms with Gasteiger partial charge in [0, 0.05) is 17.3 Å². The van der Waals surface area contributed by atoms with Gasteiger partial charge in [-0.2, -0.15) is 0 Å². The lowest BCUT2D eigenvalue weighted by molar-refractivity contribution is -0.199. The molecule has 0 aliphatic rings. The fourth-order valence-electron chi connectivity index (χ4n) is 2.50. The third kappa shape index (κ3) is 9.15. The molecule has 0 N–H and O–H groups in total. The first-order chi connectivity index (χ1) is 12.7. The number of ether oxygens (including phenoxy) is 1. The SMILES string of the molecule is CCON(C(=O)CCC(=O)OC(C)(C)C)[C@@H](CC=O)Cc1ccc(Br)cc1. The fourth-order valence-corrected chi connectivity index (χ4v) is 2.76. The number of esters is 1. The van der Waals surface area contributed by atoms with E-state index >= 15 is 0 Å². The Labute approximate surface area is 169 Å². The predicted molar refractivity (Wildman–Crippen MR) is 106 cm³/mol. The van der Waals surface area contributed by atoms with Crippen LogP contribution in [0.1, 0.15) is 52.5 Å². The zero-order valence-corrected chi connectivity index (χ0v) is 18.0. The van der Waals surface area contributed by atoms with Gasteiger partial charge in [-0.25, -0.2) is 5.06 Å². The van der Waals surface area contributed by atoms with Crippen LogP contribution in [-0.2, 0) is 30.4 Å². The zero-order valence-electron chi connectivity index (χ0n) is 16.4. The lowest BCUT2D eigenvalue weighted by Gasteiger charge is -2.29. The maximum Gasteiger partial charge on any atom is 0.306 e. The van der Waals surface area contributed by atoms with E-state index in [4.69, 9.17) is 9.57 Å². The molecule has 0 aromatic heterocycles. The van der Waals surface area contributed by atoms with Crippen LogP contribution in [-0.4, -0.2) is 41.5 Å². The van der Waals surface area contributed by atoms with Crippen LogP contribution in [0.25, 0.3) is 0 Å². The Bertz CT molecular complexity index is 624. The fraction of sp³-hybridized carbons (Fsp3) is 0.550. The number of hydrogen-bond donors (Lipinski definition) is 0. The molecular weight excluding hydrogens is 414 g/mol. The van der Waals surface area contributed by atoms with Gasteiger partial charge in [-0.05, 0) is 51.8 Å². The van der Waals surface area contributed by atoms with Crippen LogP contribution in [0.5, 0.6) is 0 Å². The van der Waals surface area contributed by atoms with Gasteiger partial charge in [-0.15, -0.1) is 0 Å². The van der Waals surface area contributed by atoms with Crippen LogP contribution in [0.4, 0.5) is 0 Å². The average Bonchev–Trinajstić information content (AvgIpc) is 2.57. The Morgan fingerprint density at radius 1 is 1.19 bits per heavy atom. The van der Waals surface area contributed by atoms with Gasteiger partial charge in [-0.1, -0.05) is 28.1 Å². The number of hydroxylamine groups is 2. The molecule has 1 aromatic carbocycles. The van der Waals surface area contributed by atoms with Crippen molar-refractivity contribution in [2.45, 2.75) is 65.0 Å². The quantitative estimate of drug-likeness (QED) is 0.313. The number of nitrogens with zero attached hydrogens (tertiary/aromatic N) is 1. The van der Waals surface area contributed by atoms with Crippen LogP contribution in [0, 0.1) is 0 Å². The summed E-state index contributed by atoms with van der Waals surface area (Å²) >= 11 is 3.38. The van der Waals surface area contributed by atoms with Crippen LogP contribution in [0.3, 0.4) is 0 Å². The summed E-state index contributed by atoms with van der Waals surface area (Å²) in [4.78, 5) is 41.2. The number of halogens is 1. The van der Waals surface area contributed by atoms with Crippen molar-refractivity contribution >= 4 is 34.1 Å². The highest BCUT2D eigenvalue weighted by molar-refractivity contribution is 9.10. The van der Waals surface area contributed by atoms with E-state index in [1.54, 1.807) is 27.7 Å². The van der Waals surface area contributed by atoms with E-state index < -0.39 is 17.6 Å². The highest BCUT2D eigenvalue weighted by Gasteiger charge is 2.26. The number of carbonyl (C=O) groups is 3. The highest BCUT2D eigenvalue weighted by Crippen LogP contribution is 2.17. The molecule has 0 fully saturated rings. The molecule has 1 aromatic rings. The van der Waals surface area contributed by atoms with Gasteiger partial charge in [0.1, 0.15) is 11.9 Å². The van der Waals surface area contributed by atoms with Gasteiger partial charge in [0.15, 0.2) is 0 Å². The summed E-state index contributed by atoms with van der Waals surface area (Å²) in [6, 6.07) is 7.23. The summed E-state index contributed by atoms with van der Waals surface area (Å²) in [7, 11) is 0. The van der Waals surface area contributed by atoms with Crippen molar-refractivity contribution in [3.8, 4) is 0 Å². The van der Waals surface area contributed by atoms with Gasteiger partial charge in [0.05, 0.1) is 19.1 Å². The molecule has 27 heavy (non-hydrogen) atoms. The van der Waals surface area contributed by atoms with Crippen LogP contribution in [0.15, 0.2) is 28.7 Å². The third-order valence-electron chi connectivity index (χ3n) is 3.56. The topological polar surface area (TPSA) is 72.9 Å². The average molecular weight is 442 g/mol. The summed E-state index contributed by atoms with van der Waals surface area (Å²) in [6.07, 6.45) is 1.32. The summed E-state index contributed by atoms with van der Waals surface area (Å²) < 4.78 is 6.18. The first-order valence-corrected chi connectivity index (χ1v) is 9.80. The number of hydrogen-bond acceptors (Lipinski definition) is 5. The number of rotatable bonds is 10. The second-order valence-electron chi connectivity index (χ2n) is 7.11. The van der Waals surface area contributed by atoms with E-state index in [2.05, 4.69) is 15.9 Å². The maximum absolute atomic E-state index is 12.6. The smallest absolute Gasteiger partial charge is 0.306 e. The first-order valence-electron chi connectivity index (χ1n) is 9.01. The normalized spacial score (nSPS) is 12.3. The van der Waals surface area contributed by atoms with E-state index in [0.29, 0.717) is 6.42 Å². The van der Waals surface area contributed by atoms with E-state index in [-0.39, 0.29) is 31.8 Å². The first kappa shape index (κ1) is 23.3.